The molecule has 1 rings (SSSR count). The molecule has 0 amide bonds. The van der Waals surface area contributed by atoms with Gasteiger partial charge in [-0.25, -0.2) is 4.39 Å². The van der Waals surface area contributed by atoms with Gasteiger partial charge >= 0.3 is 0 Å². The van der Waals surface area contributed by atoms with E-state index in [0.29, 0.717) is 24.3 Å². The number of ether oxygens (including phenoxy) is 1. The van der Waals surface area contributed by atoms with Crippen molar-refractivity contribution in [3.8, 4) is 5.75 Å². The van der Waals surface area contributed by atoms with Gasteiger partial charge in [-0.3, -0.25) is 0 Å². The summed E-state index contributed by atoms with van der Waals surface area (Å²) in [6, 6.07) is 4.24. The molecule has 0 saturated heterocycles. The van der Waals surface area contributed by atoms with E-state index in [9.17, 15) is 9.50 Å². The van der Waals surface area contributed by atoms with Crippen LogP contribution in [0.15, 0.2) is 18.2 Å². The van der Waals surface area contributed by atoms with E-state index in [1.165, 1.54) is 12.1 Å². The lowest BCUT2D eigenvalue weighted by Gasteiger charge is -2.15. The van der Waals surface area contributed by atoms with Gasteiger partial charge in [-0.1, -0.05) is 13.3 Å². The van der Waals surface area contributed by atoms with Gasteiger partial charge in [0.15, 0.2) is 0 Å². The number of rotatable bonds is 5. The Kier molecular flexibility index (Phi) is 4.56. The first kappa shape index (κ1) is 12.0. The molecule has 3 heteroatoms. The zero-order chi connectivity index (χ0) is 11.3. The van der Waals surface area contributed by atoms with E-state index in [2.05, 4.69) is 0 Å². The first-order valence-corrected chi connectivity index (χ1v) is 5.29. The molecule has 15 heavy (non-hydrogen) atoms. The Morgan fingerprint density at radius 3 is 2.73 bits per heavy atom. The highest BCUT2D eigenvalue weighted by Gasteiger charge is 2.13. The second-order valence-corrected chi connectivity index (χ2v) is 3.42. The van der Waals surface area contributed by atoms with Crippen LogP contribution >= 0.6 is 0 Å². The van der Waals surface area contributed by atoms with Crippen molar-refractivity contribution < 1.29 is 14.2 Å². The second-order valence-electron chi connectivity index (χ2n) is 3.42. The molecule has 0 spiro atoms. The molecule has 0 aromatic heterocycles. The molecule has 0 aliphatic carbocycles. The van der Waals surface area contributed by atoms with Crippen LogP contribution in [0.2, 0.25) is 0 Å². The fourth-order valence-electron chi connectivity index (χ4n) is 1.50. The van der Waals surface area contributed by atoms with Crippen LogP contribution in [0.1, 0.15) is 38.4 Å². The zero-order valence-electron chi connectivity index (χ0n) is 9.16. The topological polar surface area (TPSA) is 29.5 Å². The van der Waals surface area contributed by atoms with Gasteiger partial charge in [0.25, 0.3) is 0 Å². The van der Waals surface area contributed by atoms with Gasteiger partial charge in [0.1, 0.15) is 11.6 Å². The maximum absolute atomic E-state index is 13.0. The fraction of sp³-hybridized carbons (Fsp3) is 0.500. The van der Waals surface area contributed by atoms with Crippen molar-refractivity contribution in [1.29, 1.82) is 0 Å². The molecule has 0 fully saturated rings. The highest BCUT2D eigenvalue weighted by molar-refractivity contribution is 5.35. The van der Waals surface area contributed by atoms with Gasteiger partial charge in [-0.15, -0.1) is 0 Å². The van der Waals surface area contributed by atoms with E-state index >= 15 is 0 Å². The zero-order valence-corrected chi connectivity index (χ0v) is 9.16. The molecular weight excluding hydrogens is 195 g/mol. The van der Waals surface area contributed by atoms with Crippen LogP contribution in [0, 0.1) is 5.82 Å². The van der Waals surface area contributed by atoms with Gasteiger partial charge in [0.05, 0.1) is 12.7 Å². The predicted octanol–water partition coefficient (Wildman–Crippen LogP) is 3.06. The Hall–Kier alpha value is -1.09. The molecule has 1 unspecified atom stereocenters. The van der Waals surface area contributed by atoms with Gasteiger partial charge in [-0.05, 0) is 31.5 Å². The minimum absolute atomic E-state index is 0.344. The molecular formula is C12H17FO2. The van der Waals surface area contributed by atoms with E-state index in [1.54, 1.807) is 6.07 Å². The van der Waals surface area contributed by atoms with Gasteiger partial charge in [0, 0.05) is 5.56 Å². The number of halogens is 1. The molecule has 0 bridgehead atoms. The maximum Gasteiger partial charge on any atom is 0.125 e. The smallest absolute Gasteiger partial charge is 0.125 e. The third-order valence-corrected chi connectivity index (χ3v) is 2.19. The predicted molar refractivity (Wildman–Crippen MR) is 57.4 cm³/mol. The minimum Gasteiger partial charge on any atom is -0.493 e. The Morgan fingerprint density at radius 1 is 1.40 bits per heavy atom. The SMILES string of the molecule is CCCC(O)c1cc(F)ccc1OCC. The van der Waals surface area contributed by atoms with Gasteiger partial charge in [-0.2, -0.15) is 0 Å². The summed E-state index contributed by atoms with van der Waals surface area (Å²) in [5, 5.41) is 9.81. The van der Waals surface area contributed by atoms with Crippen LogP contribution in [-0.4, -0.2) is 11.7 Å². The van der Waals surface area contributed by atoms with Gasteiger partial charge in [0.2, 0.25) is 0 Å². The van der Waals surface area contributed by atoms with Crippen molar-refractivity contribution in [2.24, 2.45) is 0 Å². The van der Waals surface area contributed by atoms with Crippen LogP contribution in [-0.2, 0) is 0 Å². The number of aliphatic hydroxyl groups is 1. The molecule has 84 valence electrons. The Balaban J connectivity index is 2.95. The standard InChI is InChI=1S/C12H17FO2/c1-3-5-11(14)10-8-9(13)6-7-12(10)15-4-2/h6-8,11,14H,3-5H2,1-2H3. The molecule has 0 heterocycles. The Morgan fingerprint density at radius 2 is 2.13 bits per heavy atom. The average molecular weight is 212 g/mol. The summed E-state index contributed by atoms with van der Waals surface area (Å²) in [6.07, 6.45) is 0.819. The van der Waals surface area contributed by atoms with Crippen molar-refractivity contribution in [1.82, 2.24) is 0 Å². The van der Waals surface area contributed by atoms with E-state index in [-0.39, 0.29) is 5.82 Å². The van der Waals surface area contributed by atoms with Crippen molar-refractivity contribution in [2.45, 2.75) is 32.8 Å². The van der Waals surface area contributed by atoms with E-state index in [1.807, 2.05) is 13.8 Å². The summed E-state index contributed by atoms with van der Waals surface area (Å²) in [7, 11) is 0. The van der Waals surface area contributed by atoms with Crippen LogP contribution in [0.25, 0.3) is 0 Å². The summed E-state index contributed by atoms with van der Waals surface area (Å²) >= 11 is 0. The normalized spacial score (nSPS) is 12.5. The van der Waals surface area contributed by atoms with E-state index in [4.69, 9.17) is 4.74 Å². The van der Waals surface area contributed by atoms with Crippen molar-refractivity contribution >= 4 is 0 Å². The molecule has 0 aliphatic rings. The molecule has 0 saturated carbocycles. The van der Waals surface area contributed by atoms with Crippen LogP contribution in [0.4, 0.5) is 4.39 Å². The molecule has 0 radical (unpaired) electrons. The number of benzene rings is 1. The maximum atomic E-state index is 13.0. The highest BCUT2D eigenvalue weighted by atomic mass is 19.1. The lowest BCUT2D eigenvalue weighted by atomic mass is 10.0. The molecule has 1 aromatic carbocycles. The first-order valence-electron chi connectivity index (χ1n) is 5.29. The molecule has 1 N–H and O–H groups in total. The van der Waals surface area contributed by atoms with E-state index in [0.717, 1.165) is 6.42 Å². The molecule has 0 aliphatic heterocycles. The third-order valence-electron chi connectivity index (χ3n) is 2.19. The Labute approximate surface area is 89.7 Å². The second kappa shape index (κ2) is 5.71. The lowest BCUT2D eigenvalue weighted by Crippen LogP contribution is -2.03. The van der Waals surface area contributed by atoms with Gasteiger partial charge < -0.3 is 9.84 Å². The quantitative estimate of drug-likeness (QED) is 0.812. The highest BCUT2D eigenvalue weighted by Crippen LogP contribution is 2.28. The van der Waals surface area contributed by atoms with Crippen LogP contribution < -0.4 is 4.74 Å². The summed E-state index contributed by atoms with van der Waals surface area (Å²) in [4.78, 5) is 0. The molecule has 1 aromatic rings. The third kappa shape index (κ3) is 3.20. The van der Waals surface area contributed by atoms with Crippen LogP contribution in [0.5, 0.6) is 5.75 Å². The van der Waals surface area contributed by atoms with Crippen molar-refractivity contribution in [2.75, 3.05) is 6.61 Å². The lowest BCUT2D eigenvalue weighted by molar-refractivity contribution is 0.160. The molecule has 1 atom stereocenters. The summed E-state index contributed by atoms with van der Waals surface area (Å²) < 4.78 is 18.4. The molecule has 2 nitrogen and oxygen atoms in total. The summed E-state index contributed by atoms with van der Waals surface area (Å²) in [6.45, 7) is 4.35. The number of aliphatic hydroxyl groups excluding tert-OH is 1. The average Bonchev–Trinajstić information content (AvgIpc) is 2.21. The van der Waals surface area contributed by atoms with Crippen LogP contribution in [0.3, 0.4) is 0 Å². The largest absolute Gasteiger partial charge is 0.493 e. The van der Waals surface area contributed by atoms with Crippen molar-refractivity contribution in [3.05, 3.63) is 29.6 Å². The first-order chi connectivity index (χ1) is 7.19. The minimum atomic E-state index is -0.646. The monoisotopic (exact) mass is 212 g/mol. The number of hydrogen-bond donors (Lipinski definition) is 1. The fourth-order valence-corrected chi connectivity index (χ4v) is 1.50. The summed E-state index contributed by atoms with van der Waals surface area (Å²) in [5.41, 5.74) is 0.540. The number of hydrogen-bond acceptors (Lipinski definition) is 2. The van der Waals surface area contributed by atoms with E-state index < -0.39 is 6.10 Å². The van der Waals surface area contributed by atoms with Crippen molar-refractivity contribution in [3.63, 3.8) is 0 Å². The Bertz CT molecular complexity index is 312. The summed E-state index contributed by atoms with van der Waals surface area (Å²) in [5.74, 6) is 0.225.